The predicted octanol–water partition coefficient (Wildman–Crippen LogP) is 3.34. The smallest absolute Gasteiger partial charge is 0.293 e. The first kappa shape index (κ1) is 18.4. The molecule has 4 aromatic rings. The van der Waals surface area contributed by atoms with Gasteiger partial charge in [0, 0.05) is 17.8 Å². The zero-order valence-electron chi connectivity index (χ0n) is 16.0. The Morgan fingerprint density at radius 3 is 2.52 bits per heavy atom. The van der Waals surface area contributed by atoms with Gasteiger partial charge in [-0.05, 0) is 30.3 Å². The van der Waals surface area contributed by atoms with Gasteiger partial charge in [-0.2, -0.15) is 5.10 Å². The van der Waals surface area contributed by atoms with Crippen LogP contribution in [0.15, 0.2) is 54.7 Å². The number of pyridine rings is 1. The van der Waals surface area contributed by atoms with Crippen molar-refractivity contribution < 1.29 is 19.2 Å². The number of aromatic nitrogens is 3. The highest BCUT2D eigenvalue weighted by Crippen LogP contribution is 2.39. The van der Waals surface area contributed by atoms with Gasteiger partial charge in [-0.1, -0.05) is 12.1 Å². The lowest BCUT2D eigenvalue weighted by Gasteiger charge is -2.13. The fourth-order valence-corrected chi connectivity index (χ4v) is 3.69. The summed E-state index contributed by atoms with van der Waals surface area (Å²) in [4.78, 5) is 42.3. The van der Waals surface area contributed by atoms with Crippen molar-refractivity contribution in [1.82, 2.24) is 15.2 Å². The number of ether oxygens (including phenoxy) is 1. The number of nitro groups is 1. The van der Waals surface area contributed by atoms with E-state index in [4.69, 9.17) is 4.74 Å². The van der Waals surface area contributed by atoms with Gasteiger partial charge in [0.05, 0.1) is 34.2 Å². The summed E-state index contributed by atoms with van der Waals surface area (Å²) in [6.07, 6.45) is 1.27. The van der Waals surface area contributed by atoms with Crippen molar-refractivity contribution in [3.05, 3.63) is 76.0 Å². The molecule has 10 heteroatoms. The van der Waals surface area contributed by atoms with Crippen LogP contribution in [0.4, 0.5) is 11.4 Å². The molecular formula is C21H13N5O5. The average molecular weight is 415 g/mol. The fourth-order valence-electron chi connectivity index (χ4n) is 3.69. The van der Waals surface area contributed by atoms with Crippen LogP contribution in [0.1, 0.15) is 20.7 Å². The molecular weight excluding hydrogens is 402 g/mol. The molecule has 1 aliphatic rings. The molecule has 31 heavy (non-hydrogen) atoms. The lowest BCUT2D eigenvalue weighted by atomic mass is 10.0. The second-order valence-corrected chi connectivity index (χ2v) is 6.76. The summed E-state index contributed by atoms with van der Waals surface area (Å²) >= 11 is 0. The minimum absolute atomic E-state index is 0.0619. The third-order valence-electron chi connectivity index (χ3n) is 5.13. The Bertz CT molecular complexity index is 1390. The van der Waals surface area contributed by atoms with Gasteiger partial charge in [0.15, 0.2) is 5.65 Å². The number of nitrogens with zero attached hydrogens (tertiary/aromatic N) is 4. The SMILES string of the molecule is COc1ccc(-c2[nH]nc3ncc4c(c23)C(=O)N(c2ccccc2[N+](=O)[O-])C4=O)cc1. The number of nitro benzene ring substituents is 1. The second kappa shape index (κ2) is 6.73. The Balaban J connectivity index is 1.71. The van der Waals surface area contributed by atoms with Crippen LogP contribution in [0.5, 0.6) is 5.75 Å². The molecule has 0 aliphatic carbocycles. The molecule has 0 radical (unpaired) electrons. The van der Waals surface area contributed by atoms with E-state index in [0.717, 1.165) is 4.90 Å². The molecule has 1 N–H and O–H groups in total. The molecule has 2 aromatic heterocycles. The highest BCUT2D eigenvalue weighted by molar-refractivity contribution is 6.38. The Labute approximate surface area is 174 Å². The third-order valence-corrected chi connectivity index (χ3v) is 5.13. The van der Waals surface area contributed by atoms with Crippen molar-refractivity contribution in [3.63, 3.8) is 0 Å². The van der Waals surface area contributed by atoms with E-state index >= 15 is 0 Å². The zero-order valence-corrected chi connectivity index (χ0v) is 16.0. The molecule has 0 saturated heterocycles. The molecule has 0 atom stereocenters. The lowest BCUT2D eigenvalue weighted by molar-refractivity contribution is -0.384. The van der Waals surface area contributed by atoms with E-state index in [0.29, 0.717) is 22.4 Å². The highest BCUT2D eigenvalue weighted by Gasteiger charge is 2.42. The number of para-hydroxylation sites is 2. The van der Waals surface area contributed by atoms with Crippen LogP contribution in [0.2, 0.25) is 0 Å². The molecule has 2 amide bonds. The number of amides is 2. The van der Waals surface area contributed by atoms with Gasteiger partial charge >= 0.3 is 0 Å². The van der Waals surface area contributed by atoms with Gasteiger partial charge in [0.2, 0.25) is 0 Å². The van der Waals surface area contributed by atoms with Crippen LogP contribution in [0.25, 0.3) is 22.3 Å². The molecule has 0 unspecified atom stereocenters. The Morgan fingerprint density at radius 2 is 1.81 bits per heavy atom. The van der Waals surface area contributed by atoms with E-state index in [1.165, 1.54) is 30.5 Å². The molecule has 5 rings (SSSR count). The predicted molar refractivity (Wildman–Crippen MR) is 110 cm³/mol. The standard InChI is InChI=1S/C21H13N5O5/c1-31-12-8-6-11(7-9-12)18-17-16-13(10-22-19(17)24-23-18)20(27)25(21(16)28)14-4-2-3-5-15(14)26(29)30/h2-10H,1H3,(H,22,23,24). The second-order valence-electron chi connectivity index (χ2n) is 6.76. The summed E-state index contributed by atoms with van der Waals surface area (Å²) in [6, 6.07) is 12.7. The monoisotopic (exact) mass is 415 g/mol. The first-order valence-corrected chi connectivity index (χ1v) is 9.15. The first-order chi connectivity index (χ1) is 15.0. The number of carbonyl (C=O) groups is 2. The van der Waals surface area contributed by atoms with E-state index in [-0.39, 0.29) is 28.1 Å². The van der Waals surface area contributed by atoms with Crippen LogP contribution < -0.4 is 9.64 Å². The zero-order chi connectivity index (χ0) is 21.7. The van der Waals surface area contributed by atoms with E-state index in [2.05, 4.69) is 15.2 Å². The maximum Gasteiger partial charge on any atom is 0.293 e. The summed E-state index contributed by atoms with van der Waals surface area (Å²) < 4.78 is 5.17. The topological polar surface area (TPSA) is 131 Å². The van der Waals surface area contributed by atoms with E-state index in [1.54, 1.807) is 31.4 Å². The number of rotatable bonds is 4. The van der Waals surface area contributed by atoms with Crippen molar-refractivity contribution >= 4 is 34.2 Å². The number of nitrogens with one attached hydrogen (secondary N) is 1. The summed E-state index contributed by atoms with van der Waals surface area (Å²) in [5.41, 5.74) is 1.20. The van der Waals surface area contributed by atoms with Crippen molar-refractivity contribution in [3.8, 4) is 17.0 Å². The number of fused-ring (bicyclic) bond motifs is 3. The van der Waals surface area contributed by atoms with Crippen LogP contribution in [0, 0.1) is 10.1 Å². The molecule has 2 aromatic carbocycles. The number of benzene rings is 2. The van der Waals surface area contributed by atoms with Gasteiger partial charge < -0.3 is 4.74 Å². The first-order valence-electron chi connectivity index (χ1n) is 9.15. The molecule has 0 fully saturated rings. The maximum absolute atomic E-state index is 13.4. The Morgan fingerprint density at radius 1 is 1.06 bits per heavy atom. The molecule has 1 aliphatic heterocycles. The number of H-pyrrole nitrogens is 1. The Hall–Kier alpha value is -4.60. The summed E-state index contributed by atoms with van der Waals surface area (Å²) in [6.45, 7) is 0. The third kappa shape index (κ3) is 2.65. The van der Waals surface area contributed by atoms with E-state index in [9.17, 15) is 19.7 Å². The van der Waals surface area contributed by atoms with Crippen molar-refractivity contribution in [1.29, 1.82) is 0 Å². The number of hydrogen-bond acceptors (Lipinski definition) is 7. The van der Waals surface area contributed by atoms with Gasteiger partial charge in [-0.3, -0.25) is 24.8 Å². The summed E-state index contributed by atoms with van der Waals surface area (Å²) in [7, 11) is 1.55. The van der Waals surface area contributed by atoms with Crippen molar-refractivity contribution in [2.75, 3.05) is 12.0 Å². The normalized spacial score (nSPS) is 13.0. The highest BCUT2D eigenvalue weighted by atomic mass is 16.6. The van der Waals surface area contributed by atoms with E-state index in [1.807, 2.05) is 0 Å². The number of carbonyl (C=O) groups excluding carboxylic acids is 2. The van der Waals surface area contributed by atoms with Crippen molar-refractivity contribution in [2.45, 2.75) is 0 Å². The van der Waals surface area contributed by atoms with Gasteiger partial charge in [-0.25, -0.2) is 9.88 Å². The molecule has 10 nitrogen and oxygen atoms in total. The van der Waals surface area contributed by atoms with Crippen molar-refractivity contribution in [2.24, 2.45) is 0 Å². The maximum atomic E-state index is 13.4. The summed E-state index contributed by atoms with van der Waals surface area (Å²) in [5, 5.41) is 18.9. The fraction of sp³-hybridized carbons (Fsp3) is 0.0476. The van der Waals surface area contributed by atoms with Crippen LogP contribution >= 0.6 is 0 Å². The molecule has 152 valence electrons. The Kier molecular flexibility index (Phi) is 4.00. The number of aromatic amines is 1. The van der Waals surface area contributed by atoms with Crippen LogP contribution in [0.3, 0.4) is 0 Å². The molecule has 0 bridgehead atoms. The number of methoxy groups -OCH3 is 1. The number of anilines is 1. The average Bonchev–Trinajstić information content (AvgIpc) is 3.32. The van der Waals surface area contributed by atoms with E-state index < -0.39 is 16.7 Å². The minimum Gasteiger partial charge on any atom is -0.497 e. The van der Waals surface area contributed by atoms with Gasteiger partial charge in [0.1, 0.15) is 11.4 Å². The quantitative estimate of drug-likeness (QED) is 0.307. The molecule has 0 spiro atoms. The van der Waals surface area contributed by atoms with Gasteiger partial charge in [0.25, 0.3) is 17.5 Å². The number of imide groups is 1. The summed E-state index contributed by atoms with van der Waals surface area (Å²) in [5.74, 6) is -0.687. The van der Waals surface area contributed by atoms with Crippen LogP contribution in [-0.2, 0) is 0 Å². The largest absolute Gasteiger partial charge is 0.497 e. The number of hydrogen-bond donors (Lipinski definition) is 1. The van der Waals surface area contributed by atoms with Crippen LogP contribution in [-0.4, -0.2) is 39.0 Å². The minimum atomic E-state index is -0.675. The molecule has 0 saturated carbocycles. The lowest BCUT2D eigenvalue weighted by Crippen LogP contribution is -2.30. The molecule has 3 heterocycles. The van der Waals surface area contributed by atoms with Gasteiger partial charge in [-0.15, -0.1) is 0 Å².